The molecule has 2 rings (SSSR count). The minimum absolute atomic E-state index is 0.184. The third kappa shape index (κ3) is 3.10. The first-order chi connectivity index (χ1) is 8.31. The molecule has 0 bridgehead atoms. The summed E-state index contributed by atoms with van der Waals surface area (Å²) in [7, 11) is 0. The molecule has 0 aliphatic carbocycles. The summed E-state index contributed by atoms with van der Waals surface area (Å²) in [5.74, 6) is 0.919. The van der Waals surface area contributed by atoms with E-state index >= 15 is 0 Å². The fourth-order valence-electron chi connectivity index (χ4n) is 1.71. The van der Waals surface area contributed by atoms with E-state index in [2.05, 4.69) is 13.0 Å². The molecule has 0 radical (unpaired) electrons. The maximum atomic E-state index is 11.9. The maximum absolute atomic E-state index is 11.9. The second kappa shape index (κ2) is 5.87. The van der Waals surface area contributed by atoms with E-state index in [-0.39, 0.29) is 5.12 Å². The molecule has 0 heterocycles. The van der Waals surface area contributed by atoms with Gasteiger partial charge in [0.25, 0.3) is 0 Å². The highest BCUT2D eigenvalue weighted by Crippen LogP contribution is 2.20. The van der Waals surface area contributed by atoms with E-state index in [1.54, 1.807) is 0 Å². The molecule has 0 atom stereocenters. The van der Waals surface area contributed by atoms with Gasteiger partial charge in [-0.25, -0.2) is 0 Å². The van der Waals surface area contributed by atoms with Crippen LogP contribution in [0, 0.1) is 0 Å². The number of thioether (sulfide) groups is 1. The third-order valence-corrected chi connectivity index (χ3v) is 3.71. The first kappa shape index (κ1) is 12.2. The van der Waals surface area contributed by atoms with Crippen molar-refractivity contribution >= 4 is 27.6 Å². The highest BCUT2D eigenvalue weighted by atomic mass is 32.2. The van der Waals surface area contributed by atoms with E-state index in [0.717, 1.165) is 29.5 Å². The lowest BCUT2D eigenvalue weighted by Gasteiger charge is -2.02. The van der Waals surface area contributed by atoms with Crippen LogP contribution in [-0.4, -0.2) is 10.9 Å². The summed E-state index contributed by atoms with van der Waals surface area (Å²) in [4.78, 5) is 11.9. The molecular formula is C15H16OS. The van der Waals surface area contributed by atoms with Gasteiger partial charge in [-0.05, 0) is 29.3 Å². The van der Waals surface area contributed by atoms with Gasteiger partial charge >= 0.3 is 0 Å². The summed E-state index contributed by atoms with van der Waals surface area (Å²) in [6, 6.07) is 14.0. The number of unbranched alkanes of at least 4 members (excludes halogenated alkanes) is 1. The average molecular weight is 244 g/mol. The highest BCUT2D eigenvalue weighted by Gasteiger charge is 2.06. The van der Waals surface area contributed by atoms with Gasteiger partial charge in [0.1, 0.15) is 0 Å². The number of benzene rings is 2. The molecule has 88 valence electrons. The van der Waals surface area contributed by atoms with Crippen molar-refractivity contribution in [3.8, 4) is 0 Å². The molecule has 0 unspecified atom stereocenters. The Bertz CT molecular complexity index is 519. The van der Waals surface area contributed by atoms with E-state index < -0.39 is 0 Å². The van der Waals surface area contributed by atoms with Crippen molar-refractivity contribution in [2.75, 3.05) is 5.75 Å². The Hall–Kier alpha value is -1.28. The lowest BCUT2D eigenvalue weighted by Crippen LogP contribution is -1.94. The predicted octanol–water partition coefficient (Wildman–Crippen LogP) is 4.51. The second-order valence-corrected chi connectivity index (χ2v) is 5.12. The van der Waals surface area contributed by atoms with Gasteiger partial charge in [-0.2, -0.15) is 0 Å². The van der Waals surface area contributed by atoms with Gasteiger partial charge in [0.15, 0.2) is 0 Å². The Balaban J connectivity index is 2.15. The molecule has 0 aliphatic rings. The molecule has 0 saturated carbocycles. The Morgan fingerprint density at radius 3 is 2.65 bits per heavy atom. The number of carbonyl (C=O) groups is 1. The monoisotopic (exact) mass is 244 g/mol. The predicted molar refractivity (Wildman–Crippen MR) is 75.6 cm³/mol. The van der Waals surface area contributed by atoms with Gasteiger partial charge in [0, 0.05) is 11.3 Å². The van der Waals surface area contributed by atoms with Gasteiger partial charge in [-0.1, -0.05) is 55.4 Å². The van der Waals surface area contributed by atoms with Crippen LogP contribution in [0.2, 0.25) is 0 Å². The van der Waals surface area contributed by atoms with Crippen LogP contribution in [0.15, 0.2) is 42.5 Å². The summed E-state index contributed by atoms with van der Waals surface area (Å²) < 4.78 is 0. The van der Waals surface area contributed by atoms with Crippen molar-refractivity contribution in [1.82, 2.24) is 0 Å². The topological polar surface area (TPSA) is 17.1 Å². The van der Waals surface area contributed by atoms with Crippen LogP contribution in [0.3, 0.4) is 0 Å². The largest absolute Gasteiger partial charge is 0.282 e. The molecule has 0 saturated heterocycles. The zero-order chi connectivity index (χ0) is 12.1. The van der Waals surface area contributed by atoms with E-state index in [4.69, 9.17) is 0 Å². The molecule has 0 aromatic heterocycles. The van der Waals surface area contributed by atoms with Crippen molar-refractivity contribution < 1.29 is 4.79 Å². The van der Waals surface area contributed by atoms with Crippen LogP contribution >= 0.6 is 11.8 Å². The van der Waals surface area contributed by atoms with Crippen molar-refractivity contribution in [2.45, 2.75) is 19.8 Å². The van der Waals surface area contributed by atoms with E-state index in [1.807, 2.05) is 36.4 Å². The molecule has 1 nitrogen and oxygen atoms in total. The SMILES string of the molecule is CCCCSC(=O)c1ccc2ccccc2c1. The van der Waals surface area contributed by atoms with Crippen LogP contribution in [-0.2, 0) is 0 Å². The van der Waals surface area contributed by atoms with Crippen LogP contribution < -0.4 is 0 Å². The van der Waals surface area contributed by atoms with Gasteiger partial charge in [0.2, 0.25) is 5.12 Å². The third-order valence-electron chi connectivity index (χ3n) is 2.72. The lowest BCUT2D eigenvalue weighted by atomic mass is 10.1. The summed E-state index contributed by atoms with van der Waals surface area (Å²) in [6.07, 6.45) is 2.24. The Morgan fingerprint density at radius 1 is 1.12 bits per heavy atom. The van der Waals surface area contributed by atoms with Crippen LogP contribution in [0.4, 0.5) is 0 Å². The Morgan fingerprint density at radius 2 is 1.88 bits per heavy atom. The normalized spacial score (nSPS) is 10.6. The first-order valence-corrected chi connectivity index (χ1v) is 6.96. The molecule has 0 N–H and O–H groups in total. The fourth-order valence-corrected chi connectivity index (χ4v) is 2.62. The van der Waals surface area contributed by atoms with Crippen molar-refractivity contribution in [3.63, 3.8) is 0 Å². The Labute approximate surface area is 106 Å². The zero-order valence-electron chi connectivity index (χ0n) is 9.98. The van der Waals surface area contributed by atoms with Gasteiger partial charge in [-0.3, -0.25) is 4.79 Å². The number of hydrogen-bond acceptors (Lipinski definition) is 2. The summed E-state index contributed by atoms with van der Waals surface area (Å²) in [6.45, 7) is 2.14. The lowest BCUT2D eigenvalue weighted by molar-refractivity contribution is 0.108. The number of fused-ring (bicyclic) bond motifs is 1. The van der Waals surface area contributed by atoms with Gasteiger partial charge in [-0.15, -0.1) is 0 Å². The van der Waals surface area contributed by atoms with Crippen molar-refractivity contribution in [2.24, 2.45) is 0 Å². The maximum Gasteiger partial charge on any atom is 0.219 e. The quantitative estimate of drug-likeness (QED) is 0.736. The highest BCUT2D eigenvalue weighted by molar-refractivity contribution is 8.14. The molecule has 0 aliphatic heterocycles. The molecule has 2 aromatic rings. The minimum Gasteiger partial charge on any atom is -0.282 e. The zero-order valence-corrected chi connectivity index (χ0v) is 10.8. The molecule has 0 spiro atoms. The smallest absolute Gasteiger partial charge is 0.219 e. The van der Waals surface area contributed by atoms with E-state index in [9.17, 15) is 4.79 Å². The van der Waals surface area contributed by atoms with Crippen molar-refractivity contribution in [1.29, 1.82) is 0 Å². The minimum atomic E-state index is 0.184. The molecule has 0 amide bonds. The van der Waals surface area contributed by atoms with E-state index in [1.165, 1.54) is 17.1 Å². The van der Waals surface area contributed by atoms with Crippen LogP contribution in [0.25, 0.3) is 10.8 Å². The molecule has 0 fully saturated rings. The number of hydrogen-bond donors (Lipinski definition) is 0. The second-order valence-electron chi connectivity index (χ2n) is 4.05. The van der Waals surface area contributed by atoms with Crippen LogP contribution in [0.1, 0.15) is 30.1 Å². The van der Waals surface area contributed by atoms with Crippen molar-refractivity contribution in [3.05, 3.63) is 48.0 Å². The van der Waals surface area contributed by atoms with Gasteiger partial charge < -0.3 is 0 Å². The standard InChI is InChI=1S/C15H16OS/c1-2-3-10-17-15(16)14-9-8-12-6-4-5-7-13(12)11-14/h4-9,11H,2-3,10H2,1H3. The number of carbonyl (C=O) groups excluding carboxylic acids is 1. The average Bonchev–Trinajstić information content (AvgIpc) is 2.38. The van der Waals surface area contributed by atoms with E-state index in [0.29, 0.717) is 0 Å². The fraction of sp³-hybridized carbons (Fsp3) is 0.267. The van der Waals surface area contributed by atoms with Gasteiger partial charge in [0.05, 0.1) is 0 Å². The summed E-state index contributed by atoms with van der Waals surface area (Å²) in [5.41, 5.74) is 0.810. The molecule has 2 aromatic carbocycles. The molecular weight excluding hydrogens is 228 g/mol. The van der Waals surface area contributed by atoms with Crippen LogP contribution in [0.5, 0.6) is 0 Å². The summed E-state index contributed by atoms with van der Waals surface area (Å²) in [5, 5.41) is 2.50. The number of rotatable bonds is 4. The first-order valence-electron chi connectivity index (χ1n) is 5.97. The molecule has 2 heteroatoms. The molecule has 17 heavy (non-hydrogen) atoms. The Kier molecular flexibility index (Phi) is 4.21. The summed E-state index contributed by atoms with van der Waals surface area (Å²) >= 11 is 1.42.